The first-order valence-electron chi connectivity index (χ1n) is 9.42. The second-order valence-corrected chi connectivity index (χ2v) is 8.75. The summed E-state index contributed by atoms with van der Waals surface area (Å²) in [5.74, 6) is 0.993. The SMILES string of the molecule is O=S(=O)(/C=C/c1ccccc1)N1CCCC(Cc2nc(-c3cnccn3)no2)C1. The van der Waals surface area contributed by atoms with Crippen LogP contribution in [0.1, 0.15) is 24.3 Å². The van der Waals surface area contributed by atoms with Gasteiger partial charge in [-0.3, -0.25) is 4.98 Å². The summed E-state index contributed by atoms with van der Waals surface area (Å²) in [4.78, 5) is 12.5. The fourth-order valence-electron chi connectivity index (χ4n) is 3.34. The molecular weight excluding hydrogens is 390 g/mol. The molecule has 29 heavy (non-hydrogen) atoms. The lowest BCUT2D eigenvalue weighted by Gasteiger charge is -2.30. The molecule has 1 aromatic carbocycles. The van der Waals surface area contributed by atoms with Gasteiger partial charge in [-0.2, -0.15) is 9.29 Å². The zero-order valence-electron chi connectivity index (χ0n) is 15.8. The van der Waals surface area contributed by atoms with Gasteiger partial charge < -0.3 is 4.52 Å². The van der Waals surface area contributed by atoms with Crippen LogP contribution in [0.4, 0.5) is 0 Å². The topological polar surface area (TPSA) is 102 Å². The Morgan fingerprint density at radius 1 is 1.21 bits per heavy atom. The van der Waals surface area contributed by atoms with Crippen molar-refractivity contribution < 1.29 is 12.9 Å². The van der Waals surface area contributed by atoms with Crippen molar-refractivity contribution in [2.24, 2.45) is 5.92 Å². The fourth-order valence-corrected chi connectivity index (χ4v) is 4.65. The predicted octanol–water partition coefficient (Wildman–Crippen LogP) is 2.78. The molecule has 0 N–H and O–H groups in total. The van der Waals surface area contributed by atoms with Crippen LogP contribution in [0.5, 0.6) is 0 Å². The van der Waals surface area contributed by atoms with E-state index in [0.29, 0.717) is 36.9 Å². The second-order valence-electron chi connectivity index (χ2n) is 6.93. The van der Waals surface area contributed by atoms with E-state index in [4.69, 9.17) is 4.52 Å². The predicted molar refractivity (Wildman–Crippen MR) is 108 cm³/mol. The van der Waals surface area contributed by atoms with Gasteiger partial charge in [0, 0.05) is 37.3 Å². The summed E-state index contributed by atoms with van der Waals surface area (Å²) in [6.45, 7) is 0.955. The van der Waals surface area contributed by atoms with E-state index >= 15 is 0 Å². The minimum atomic E-state index is -3.48. The molecule has 1 unspecified atom stereocenters. The van der Waals surface area contributed by atoms with E-state index < -0.39 is 10.0 Å². The maximum atomic E-state index is 12.7. The first-order chi connectivity index (χ1) is 14.1. The lowest BCUT2D eigenvalue weighted by atomic mass is 9.96. The van der Waals surface area contributed by atoms with Gasteiger partial charge in [-0.1, -0.05) is 35.5 Å². The van der Waals surface area contributed by atoms with Crippen LogP contribution in [0.3, 0.4) is 0 Å². The summed E-state index contributed by atoms with van der Waals surface area (Å²) in [5, 5.41) is 5.23. The number of benzene rings is 1. The maximum Gasteiger partial charge on any atom is 0.236 e. The molecule has 0 aliphatic carbocycles. The monoisotopic (exact) mass is 411 g/mol. The van der Waals surface area contributed by atoms with Gasteiger partial charge in [0.15, 0.2) is 0 Å². The van der Waals surface area contributed by atoms with Crippen LogP contribution in [0.2, 0.25) is 0 Å². The van der Waals surface area contributed by atoms with Gasteiger partial charge >= 0.3 is 0 Å². The van der Waals surface area contributed by atoms with Crippen LogP contribution in [0.15, 0.2) is 58.9 Å². The first-order valence-corrected chi connectivity index (χ1v) is 10.9. The van der Waals surface area contributed by atoms with Crippen LogP contribution in [0, 0.1) is 5.92 Å². The van der Waals surface area contributed by atoms with E-state index in [-0.39, 0.29) is 5.92 Å². The number of hydrogen-bond acceptors (Lipinski definition) is 7. The standard InChI is InChI=1S/C20H21N5O3S/c26-29(27,12-8-16-5-2-1-3-6-16)25-11-4-7-17(15-25)13-19-23-20(24-28-19)18-14-21-9-10-22-18/h1-3,5-6,8-10,12,14,17H,4,7,11,13,15H2/b12-8+. The lowest BCUT2D eigenvalue weighted by molar-refractivity contribution is 0.248. The number of piperidine rings is 1. The lowest BCUT2D eigenvalue weighted by Crippen LogP contribution is -2.39. The molecule has 2 aromatic heterocycles. The molecule has 4 rings (SSSR count). The molecule has 0 bridgehead atoms. The molecule has 3 aromatic rings. The van der Waals surface area contributed by atoms with Crippen LogP contribution < -0.4 is 0 Å². The first kappa shape index (κ1) is 19.4. The Labute approximate surface area is 169 Å². The minimum Gasteiger partial charge on any atom is -0.339 e. The van der Waals surface area contributed by atoms with Crippen molar-refractivity contribution in [3.05, 3.63) is 65.8 Å². The number of nitrogens with zero attached hydrogens (tertiary/aromatic N) is 5. The molecule has 0 radical (unpaired) electrons. The van der Waals surface area contributed by atoms with Crippen LogP contribution in [-0.2, 0) is 16.4 Å². The van der Waals surface area contributed by atoms with Gasteiger partial charge in [0.2, 0.25) is 21.7 Å². The van der Waals surface area contributed by atoms with Crippen molar-refractivity contribution in [2.75, 3.05) is 13.1 Å². The molecule has 9 heteroatoms. The molecular formula is C20H21N5O3S. The van der Waals surface area contributed by atoms with E-state index in [0.717, 1.165) is 18.4 Å². The molecule has 1 atom stereocenters. The summed E-state index contributed by atoms with van der Waals surface area (Å²) >= 11 is 0. The highest BCUT2D eigenvalue weighted by atomic mass is 32.2. The van der Waals surface area contributed by atoms with Gasteiger partial charge in [0.25, 0.3) is 0 Å². The van der Waals surface area contributed by atoms with Crippen LogP contribution in [0.25, 0.3) is 17.6 Å². The average molecular weight is 411 g/mol. The van der Waals surface area contributed by atoms with Gasteiger partial charge in [-0.15, -0.1) is 0 Å². The van der Waals surface area contributed by atoms with Crippen molar-refractivity contribution in [1.29, 1.82) is 0 Å². The zero-order chi connectivity index (χ0) is 20.1. The summed E-state index contributed by atoms with van der Waals surface area (Å²) in [7, 11) is -3.48. The highest BCUT2D eigenvalue weighted by molar-refractivity contribution is 7.92. The molecule has 1 aliphatic heterocycles. The molecule has 150 valence electrons. The summed E-state index contributed by atoms with van der Waals surface area (Å²) in [6.07, 6.45) is 8.59. The molecule has 8 nitrogen and oxygen atoms in total. The third-order valence-electron chi connectivity index (χ3n) is 4.80. The van der Waals surface area contributed by atoms with Crippen molar-refractivity contribution in [3.8, 4) is 11.5 Å². The maximum absolute atomic E-state index is 12.7. The summed E-state index contributed by atoms with van der Waals surface area (Å²) in [6, 6.07) is 9.39. The number of hydrogen-bond donors (Lipinski definition) is 0. The van der Waals surface area contributed by atoms with Crippen LogP contribution >= 0.6 is 0 Å². The molecule has 1 fully saturated rings. The fraction of sp³-hybridized carbons (Fsp3) is 0.300. The van der Waals surface area contributed by atoms with Gasteiger partial charge in [-0.25, -0.2) is 13.4 Å². The van der Waals surface area contributed by atoms with E-state index in [1.54, 1.807) is 24.7 Å². The van der Waals surface area contributed by atoms with E-state index in [1.807, 2.05) is 30.3 Å². The van der Waals surface area contributed by atoms with Crippen LogP contribution in [-0.4, -0.2) is 45.9 Å². The largest absolute Gasteiger partial charge is 0.339 e. The molecule has 1 aliphatic rings. The Balaban J connectivity index is 1.41. The average Bonchev–Trinajstić information content (AvgIpc) is 3.22. The smallest absolute Gasteiger partial charge is 0.236 e. The Morgan fingerprint density at radius 2 is 2.07 bits per heavy atom. The normalized spacial score (nSPS) is 18.3. The number of aromatic nitrogens is 4. The Hall–Kier alpha value is -2.91. The van der Waals surface area contributed by atoms with Crippen molar-refractivity contribution in [2.45, 2.75) is 19.3 Å². The van der Waals surface area contributed by atoms with Gasteiger partial charge in [0.1, 0.15) is 5.69 Å². The second kappa shape index (κ2) is 8.62. The number of sulfonamides is 1. The third kappa shape index (κ3) is 4.93. The van der Waals surface area contributed by atoms with Crippen molar-refractivity contribution in [3.63, 3.8) is 0 Å². The highest BCUT2D eigenvalue weighted by Crippen LogP contribution is 2.24. The van der Waals surface area contributed by atoms with Crippen molar-refractivity contribution >= 4 is 16.1 Å². The molecule has 1 saturated heterocycles. The van der Waals surface area contributed by atoms with E-state index in [2.05, 4.69) is 20.1 Å². The van der Waals surface area contributed by atoms with Crippen molar-refractivity contribution in [1.82, 2.24) is 24.4 Å². The molecule has 3 heterocycles. The van der Waals surface area contributed by atoms with E-state index in [1.165, 1.54) is 9.71 Å². The molecule has 0 saturated carbocycles. The highest BCUT2D eigenvalue weighted by Gasteiger charge is 2.28. The molecule has 0 spiro atoms. The molecule has 0 amide bonds. The Morgan fingerprint density at radius 3 is 2.86 bits per heavy atom. The summed E-state index contributed by atoms with van der Waals surface area (Å²) in [5.41, 5.74) is 1.40. The zero-order valence-corrected chi connectivity index (χ0v) is 16.6. The third-order valence-corrected chi connectivity index (χ3v) is 6.33. The number of rotatable bonds is 6. The Bertz CT molecular complexity index is 1070. The minimum absolute atomic E-state index is 0.124. The van der Waals surface area contributed by atoms with E-state index in [9.17, 15) is 8.42 Å². The summed E-state index contributed by atoms with van der Waals surface area (Å²) < 4.78 is 32.3. The van der Waals surface area contributed by atoms with Gasteiger partial charge in [-0.05, 0) is 30.4 Å². The Kier molecular flexibility index (Phi) is 5.77. The quantitative estimate of drug-likeness (QED) is 0.614. The van der Waals surface area contributed by atoms with Gasteiger partial charge in [0.05, 0.1) is 6.20 Å².